The number of methoxy groups -OCH3 is 1. The molecule has 0 spiro atoms. The van der Waals surface area contributed by atoms with Crippen LogP contribution in [0.5, 0.6) is 0 Å². The van der Waals surface area contributed by atoms with Crippen molar-refractivity contribution in [2.75, 3.05) is 45.8 Å². The minimum absolute atomic E-state index is 0.0290. The summed E-state index contributed by atoms with van der Waals surface area (Å²) in [7, 11) is 3.73. The third-order valence-electron chi connectivity index (χ3n) is 7.68. The Balaban J connectivity index is 1.18. The number of nitrogens with one attached hydrogen (secondary N) is 3. The zero-order chi connectivity index (χ0) is 27.4. The fourth-order valence-corrected chi connectivity index (χ4v) is 5.52. The summed E-state index contributed by atoms with van der Waals surface area (Å²) in [6.45, 7) is 8.57. The Morgan fingerprint density at radius 1 is 1.42 bits per heavy atom. The van der Waals surface area contributed by atoms with E-state index in [-0.39, 0.29) is 35.8 Å². The summed E-state index contributed by atoms with van der Waals surface area (Å²) in [5.74, 6) is 1.21. The number of ether oxygens (including phenoxy) is 2. The van der Waals surface area contributed by atoms with Crippen LogP contribution in [0.2, 0.25) is 0 Å². The molecule has 2 aliphatic heterocycles. The number of allylic oxidation sites excluding steroid dienone is 2. The van der Waals surface area contributed by atoms with Crippen LogP contribution >= 0.6 is 0 Å². The van der Waals surface area contributed by atoms with E-state index >= 15 is 0 Å². The second kappa shape index (κ2) is 12.0. The van der Waals surface area contributed by atoms with Crippen LogP contribution in [0.4, 0.5) is 15.0 Å². The normalized spacial score (nSPS) is 27.4. The van der Waals surface area contributed by atoms with Gasteiger partial charge in [-0.15, -0.1) is 0 Å². The summed E-state index contributed by atoms with van der Waals surface area (Å²) in [5.41, 5.74) is 7.18. The SMILES string of the molecule is COC1CC(n2cnc3c2NCN=C3N)OC1CN(C)CCCNC(=O)NC1=CC(F)C(C(C)(C)C)CC1. The molecule has 4 rings (SSSR count). The predicted octanol–water partition coefficient (Wildman–Crippen LogP) is 2.57. The average molecular weight is 535 g/mol. The lowest BCUT2D eigenvalue weighted by Crippen LogP contribution is -2.40. The van der Waals surface area contributed by atoms with Crippen molar-refractivity contribution in [1.82, 2.24) is 25.1 Å². The third-order valence-corrected chi connectivity index (χ3v) is 7.68. The largest absolute Gasteiger partial charge is 0.382 e. The van der Waals surface area contributed by atoms with Crippen LogP contribution in [0.15, 0.2) is 23.1 Å². The molecule has 0 saturated carbocycles. The van der Waals surface area contributed by atoms with Crippen LogP contribution < -0.4 is 21.7 Å². The van der Waals surface area contributed by atoms with Crippen LogP contribution in [-0.2, 0) is 9.47 Å². The van der Waals surface area contributed by atoms with Gasteiger partial charge in [-0.05, 0) is 50.3 Å². The number of imidazole rings is 1. The lowest BCUT2D eigenvalue weighted by Gasteiger charge is -2.35. The molecule has 5 N–H and O–H groups in total. The number of aromatic nitrogens is 2. The van der Waals surface area contributed by atoms with Gasteiger partial charge in [0.25, 0.3) is 0 Å². The number of alkyl halides is 1. The molecule has 12 heteroatoms. The van der Waals surface area contributed by atoms with E-state index in [1.165, 1.54) is 0 Å². The van der Waals surface area contributed by atoms with Gasteiger partial charge in [0.2, 0.25) is 0 Å². The summed E-state index contributed by atoms with van der Waals surface area (Å²) >= 11 is 0. The Morgan fingerprint density at radius 2 is 2.21 bits per heavy atom. The van der Waals surface area contributed by atoms with Crippen molar-refractivity contribution in [3.05, 3.63) is 23.8 Å². The Hall–Kier alpha value is -2.70. The van der Waals surface area contributed by atoms with Gasteiger partial charge in [0, 0.05) is 32.3 Å². The van der Waals surface area contributed by atoms with Crippen molar-refractivity contribution < 1.29 is 18.7 Å². The van der Waals surface area contributed by atoms with Gasteiger partial charge in [0.15, 0.2) is 0 Å². The highest BCUT2D eigenvalue weighted by molar-refractivity contribution is 6.01. The molecular formula is C26H43FN8O3. The highest BCUT2D eigenvalue weighted by atomic mass is 19.1. The number of rotatable bonds is 9. The van der Waals surface area contributed by atoms with E-state index < -0.39 is 6.17 Å². The fourth-order valence-electron chi connectivity index (χ4n) is 5.52. The molecule has 38 heavy (non-hydrogen) atoms. The van der Waals surface area contributed by atoms with Gasteiger partial charge in [-0.2, -0.15) is 0 Å². The van der Waals surface area contributed by atoms with Gasteiger partial charge >= 0.3 is 6.03 Å². The number of anilines is 1. The summed E-state index contributed by atoms with van der Waals surface area (Å²) < 4.78 is 28.6. The Bertz CT molecular complexity index is 1040. The molecule has 1 saturated heterocycles. The summed E-state index contributed by atoms with van der Waals surface area (Å²) in [6, 6.07) is -0.287. The van der Waals surface area contributed by atoms with Crippen molar-refractivity contribution in [2.24, 2.45) is 22.1 Å². The number of halogens is 1. The van der Waals surface area contributed by atoms with E-state index in [2.05, 4.69) is 51.6 Å². The maximum absolute atomic E-state index is 14.6. The molecule has 0 bridgehead atoms. The average Bonchev–Trinajstić information content (AvgIpc) is 3.45. The minimum atomic E-state index is -1.04. The van der Waals surface area contributed by atoms with Gasteiger partial charge in [0.05, 0.1) is 18.5 Å². The van der Waals surface area contributed by atoms with E-state index in [4.69, 9.17) is 15.2 Å². The number of carbonyl (C=O) groups excluding carboxylic acids is 1. The minimum Gasteiger partial charge on any atom is -0.382 e. The van der Waals surface area contributed by atoms with Gasteiger partial charge in [-0.25, -0.2) is 19.2 Å². The van der Waals surface area contributed by atoms with Crippen LogP contribution in [0.1, 0.15) is 58.4 Å². The molecule has 1 fully saturated rings. The molecule has 1 aromatic rings. The summed E-state index contributed by atoms with van der Waals surface area (Å²) in [4.78, 5) is 23.0. The van der Waals surface area contributed by atoms with Gasteiger partial charge in [0.1, 0.15) is 36.4 Å². The number of amidine groups is 1. The van der Waals surface area contributed by atoms with E-state index in [1.54, 1.807) is 19.5 Å². The number of likely N-dealkylation sites (N-methyl/N-ethyl adjacent to an activating group) is 1. The third kappa shape index (κ3) is 6.65. The first-order valence-electron chi connectivity index (χ1n) is 13.4. The number of carbonyl (C=O) groups is 1. The molecule has 212 valence electrons. The first kappa shape index (κ1) is 28.3. The molecule has 3 aliphatic rings. The lowest BCUT2D eigenvalue weighted by atomic mass is 9.73. The fraction of sp³-hybridized carbons (Fsp3) is 0.731. The second-order valence-electron chi connectivity index (χ2n) is 11.5. The van der Waals surface area contributed by atoms with Crippen LogP contribution in [0.25, 0.3) is 0 Å². The highest BCUT2D eigenvalue weighted by Gasteiger charge is 2.38. The first-order chi connectivity index (χ1) is 18.1. The quantitative estimate of drug-likeness (QED) is 0.358. The summed E-state index contributed by atoms with van der Waals surface area (Å²) in [6.07, 6.45) is 4.76. The number of nitrogens with zero attached hydrogens (tertiary/aromatic N) is 4. The predicted molar refractivity (Wildman–Crippen MR) is 145 cm³/mol. The number of fused-ring (bicyclic) bond motifs is 1. The lowest BCUT2D eigenvalue weighted by molar-refractivity contribution is -0.0392. The number of nitrogens with two attached hydrogens (primary N) is 1. The van der Waals surface area contributed by atoms with E-state index in [9.17, 15) is 9.18 Å². The number of aliphatic imine (C=N–C) groups is 1. The van der Waals surface area contributed by atoms with E-state index in [0.717, 1.165) is 25.2 Å². The van der Waals surface area contributed by atoms with Crippen molar-refractivity contribution in [3.63, 3.8) is 0 Å². The number of hydrogen-bond donors (Lipinski definition) is 4. The smallest absolute Gasteiger partial charge is 0.318 e. The van der Waals surface area contributed by atoms with E-state index in [1.807, 2.05) is 11.6 Å². The van der Waals surface area contributed by atoms with Crippen LogP contribution in [0, 0.1) is 11.3 Å². The molecule has 5 unspecified atom stereocenters. The van der Waals surface area contributed by atoms with Crippen LogP contribution in [-0.4, -0.2) is 85.2 Å². The van der Waals surface area contributed by atoms with Gasteiger partial charge in [-0.1, -0.05) is 20.8 Å². The van der Waals surface area contributed by atoms with Gasteiger partial charge in [-0.3, -0.25) is 4.57 Å². The maximum atomic E-state index is 14.6. The zero-order valence-corrected chi connectivity index (χ0v) is 23.2. The van der Waals surface area contributed by atoms with Crippen molar-refractivity contribution in [3.8, 4) is 0 Å². The highest BCUT2D eigenvalue weighted by Crippen LogP contribution is 2.38. The Labute approximate surface area is 224 Å². The van der Waals surface area contributed by atoms with E-state index in [0.29, 0.717) is 49.8 Å². The molecule has 5 atom stereocenters. The zero-order valence-electron chi connectivity index (χ0n) is 23.2. The topological polar surface area (TPSA) is 131 Å². The molecule has 2 amide bonds. The Morgan fingerprint density at radius 3 is 2.92 bits per heavy atom. The molecule has 1 aromatic heterocycles. The van der Waals surface area contributed by atoms with Gasteiger partial charge < -0.3 is 36.1 Å². The Kier molecular flexibility index (Phi) is 8.94. The molecular weight excluding hydrogens is 491 g/mol. The molecule has 0 radical (unpaired) electrons. The maximum Gasteiger partial charge on any atom is 0.318 e. The van der Waals surface area contributed by atoms with Crippen LogP contribution in [0.3, 0.4) is 0 Å². The van der Waals surface area contributed by atoms with Crippen molar-refractivity contribution in [1.29, 1.82) is 0 Å². The summed E-state index contributed by atoms with van der Waals surface area (Å²) in [5, 5.41) is 8.92. The molecule has 0 aromatic carbocycles. The number of hydrogen-bond acceptors (Lipinski definition) is 8. The van der Waals surface area contributed by atoms with Crippen molar-refractivity contribution in [2.45, 2.75) is 71.1 Å². The number of urea groups is 1. The molecule has 3 heterocycles. The van der Waals surface area contributed by atoms with Crippen molar-refractivity contribution >= 4 is 17.7 Å². The second-order valence-corrected chi connectivity index (χ2v) is 11.5. The first-order valence-corrected chi connectivity index (χ1v) is 13.4. The molecule has 1 aliphatic carbocycles. The number of amides is 2. The molecule has 11 nitrogen and oxygen atoms in total. The monoisotopic (exact) mass is 534 g/mol. The standard InChI is InChI=1S/C26H43FN8O3/c1-26(2,3)17-8-7-16(11-18(17)27)33-25(36)29-9-6-10-34(4)13-20-19(37-5)12-21(38-20)35-15-32-22-23(28)30-14-31-24(22)35/h11,15,17-21,31H,6-10,12-14H2,1-5H3,(H2,28,30)(H2,29,33,36).